The van der Waals surface area contributed by atoms with Crippen molar-refractivity contribution in [3.63, 3.8) is 0 Å². The second-order valence-electron chi connectivity index (χ2n) is 6.37. The summed E-state index contributed by atoms with van der Waals surface area (Å²) in [5, 5.41) is 2.57. The van der Waals surface area contributed by atoms with Crippen molar-refractivity contribution >= 4 is 41.1 Å². The molecule has 1 aliphatic heterocycles. The van der Waals surface area contributed by atoms with Crippen LogP contribution in [-0.2, 0) is 0 Å². The number of aromatic nitrogens is 1. The number of halogens is 1. The highest BCUT2D eigenvalue weighted by molar-refractivity contribution is 5.93. The topological polar surface area (TPSA) is 16.1 Å². The van der Waals surface area contributed by atoms with Gasteiger partial charge in [-0.3, -0.25) is 0 Å². The van der Waals surface area contributed by atoms with Gasteiger partial charge in [-0.05, 0) is 47.7 Å². The van der Waals surface area contributed by atoms with Gasteiger partial charge in [0.1, 0.15) is 5.82 Å². The summed E-state index contributed by atoms with van der Waals surface area (Å²) < 4.78 is 0. The molecule has 0 unspecified atom stereocenters. The number of hydrogen-bond donors (Lipinski definition) is 0. The third-order valence-electron chi connectivity index (χ3n) is 4.74. The lowest BCUT2D eigenvalue weighted by atomic mass is 10.0. The van der Waals surface area contributed by atoms with Crippen LogP contribution in [0.3, 0.4) is 0 Å². The van der Waals surface area contributed by atoms with E-state index in [2.05, 4.69) is 70.6 Å². The maximum absolute atomic E-state index is 4.65. The largest absolute Gasteiger partial charge is 0.356 e. The minimum Gasteiger partial charge on any atom is -0.356 e. The molecule has 0 aliphatic carbocycles. The molecule has 0 atom stereocenters. The normalized spacial score (nSPS) is 14.6. The smallest absolute Gasteiger partial charge is 0.135 e. The van der Waals surface area contributed by atoms with Gasteiger partial charge in [-0.2, -0.15) is 0 Å². The van der Waals surface area contributed by atoms with Crippen molar-refractivity contribution in [2.24, 2.45) is 0 Å². The second-order valence-corrected chi connectivity index (χ2v) is 6.37. The number of fused-ring (bicyclic) bond motifs is 1. The van der Waals surface area contributed by atoms with Gasteiger partial charge in [-0.25, -0.2) is 4.98 Å². The maximum Gasteiger partial charge on any atom is 0.135 e. The molecule has 0 saturated carbocycles. The molecule has 1 aromatic heterocycles. The zero-order valence-corrected chi connectivity index (χ0v) is 15.1. The van der Waals surface area contributed by atoms with E-state index >= 15 is 0 Å². The lowest BCUT2D eigenvalue weighted by molar-refractivity contribution is 0.573. The Kier molecular flexibility index (Phi) is 5.72. The fourth-order valence-electron chi connectivity index (χ4n) is 3.48. The van der Waals surface area contributed by atoms with Crippen LogP contribution in [0.1, 0.15) is 30.4 Å². The Morgan fingerprint density at radius 3 is 2.36 bits per heavy atom. The van der Waals surface area contributed by atoms with Crippen LogP contribution in [0.5, 0.6) is 0 Å². The Bertz CT molecular complexity index is 861. The second kappa shape index (κ2) is 8.17. The molecule has 0 amide bonds. The summed E-state index contributed by atoms with van der Waals surface area (Å²) in [5.74, 6) is 1.12. The quantitative estimate of drug-likeness (QED) is 0.591. The third-order valence-corrected chi connectivity index (χ3v) is 4.74. The van der Waals surface area contributed by atoms with E-state index in [9.17, 15) is 0 Å². The minimum absolute atomic E-state index is 0. The average Bonchev–Trinajstić information content (AvgIpc) is 2.67. The highest BCUT2D eigenvalue weighted by Crippen LogP contribution is 2.25. The molecular weight excluding hydrogens is 328 g/mol. The van der Waals surface area contributed by atoms with Gasteiger partial charge >= 0.3 is 0 Å². The number of rotatable bonds is 3. The number of pyridine rings is 1. The Labute approximate surface area is 155 Å². The maximum atomic E-state index is 4.65. The van der Waals surface area contributed by atoms with Gasteiger partial charge in [0.25, 0.3) is 0 Å². The van der Waals surface area contributed by atoms with E-state index in [1.165, 1.54) is 41.2 Å². The molecule has 2 heterocycles. The van der Waals surface area contributed by atoms with Gasteiger partial charge in [-0.1, -0.05) is 54.6 Å². The summed E-state index contributed by atoms with van der Waals surface area (Å²) in [7, 11) is 0. The van der Waals surface area contributed by atoms with Crippen molar-refractivity contribution < 1.29 is 0 Å². The van der Waals surface area contributed by atoms with Crippen molar-refractivity contribution in [2.75, 3.05) is 18.0 Å². The molecule has 0 bridgehead atoms. The van der Waals surface area contributed by atoms with E-state index < -0.39 is 0 Å². The SMILES string of the molecule is C(=C\c1cccc2ccccc12)/c1cccnc1N1CCCCC1.Cl. The van der Waals surface area contributed by atoms with Crippen molar-refractivity contribution in [1.82, 2.24) is 4.98 Å². The van der Waals surface area contributed by atoms with E-state index in [1.807, 2.05) is 12.3 Å². The zero-order chi connectivity index (χ0) is 16.2. The van der Waals surface area contributed by atoms with E-state index in [-0.39, 0.29) is 12.4 Å². The molecule has 1 fully saturated rings. The van der Waals surface area contributed by atoms with Crippen molar-refractivity contribution in [1.29, 1.82) is 0 Å². The van der Waals surface area contributed by atoms with Crippen molar-refractivity contribution in [2.45, 2.75) is 19.3 Å². The van der Waals surface area contributed by atoms with Gasteiger partial charge in [0.2, 0.25) is 0 Å². The summed E-state index contributed by atoms with van der Waals surface area (Å²) in [5.41, 5.74) is 2.45. The number of benzene rings is 2. The van der Waals surface area contributed by atoms with Crippen LogP contribution >= 0.6 is 12.4 Å². The Morgan fingerprint density at radius 2 is 1.48 bits per heavy atom. The first kappa shape index (κ1) is 17.5. The first-order valence-electron chi connectivity index (χ1n) is 8.78. The predicted octanol–water partition coefficient (Wildman–Crippen LogP) is 5.82. The van der Waals surface area contributed by atoms with Crippen LogP contribution < -0.4 is 4.90 Å². The Hall–Kier alpha value is -2.32. The monoisotopic (exact) mass is 350 g/mol. The highest BCUT2D eigenvalue weighted by Gasteiger charge is 2.14. The first-order chi connectivity index (χ1) is 11.9. The molecule has 25 heavy (non-hydrogen) atoms. The molecular formula is C22H23ClN2. The predicted molar refractivity (Wildman–Crippen MR) is 110 cm³/mol. The number of hydrogen-bond acceptors (Lipinski definition) is 2. The Balaban J connectivity index is 0.00000182. The molecule has 4 rings (SSSR count). The molecule has 2 nitrogen and oxygen atoms in total. The zero-order valence-electron chi connectivity index (χ0n) is 14.3. The lowest BCUT2D eigenvalue weighted by Gasteiger charge is -2.28. The average molecular weight is 351 g/mol. The Morgan fingerprint density at radius 1 is 0.760 bits per heavy atom. The van der Waals surface area contributed by atoms with Gasteiger partial charge < -0.3 is 4.90 Å². The summed E-state index contributed by atoms with van der Waals surface area (Å²) in [6, 6.07) is 19.2. The molecule has 3 heteroatoms. The van der Waals surface area contributed by atoms with Crippen molar-refractivity contribution in [3.05, 3.63) is 71.9 Å². The molecule has 1 saturated heterocycles. The van der Waals surface area contributed by atoms with Crippen LogP contribution in [0.15, 0.2) is 60.8 Å². The number of nitrogens with zero attached hydrogens (tertiary/aromatic N) is 2. The van der Waals surface area contributed by atoms with Crippen LogP contribution in [0, 0.1) is 0 Å². The third kappa shape index (κ3) is 3.85. The standard InChI is InChI=1S/C22H22N2.ClH/c1-4-16-24(17-5-1)22-20(11-7-15-23-22)14-13-19-10-6-9-18-8-2-3-12-21(18)19;/h2-3,6-15H,1,4-5,16-17H2;1H/b14-13+;. The van der Waals surface area contributed by atoms with E-state index in [1.54, 1.807) is 0 Å². The van der Waals surface area contributed by atoms with Crippen LogP contribution in [-0.4, -0.2) is 18.1 Å². The fourth-order valence-corrected chi connectivity index (χ4v) is 3.48. The molecule has 3 aromatic rings. The fraction of sp³-hybridized carbons (Fsp3) is 0.227. The van der Waals surface area contributed by atoms with Gasteiger partial charge in [0, 0.05) is 24.8 Å². The summed E-state index contributed by atoms with van der Waals surface area (Å²) in [6.45, 7) is 2.23. The van der Waals surface area contributed by atoms with Gasteiger partial charge in [0.05, 0.1) is 0 Å². The van der Waals surface area contributed by atoms with Crippen LogP contribution in [0.25, 0.3) is 22.9 Å². The minimum atomic E-state index is 0. The molecule has 0 radical (unpaired) electrons. The van der Waals surface area contributed by atoms with Crippen LogP contribution in [0.4, 0.5) is 5.82 Å². The number of anilines is 1. The summed E-state index contributed by atoms with van der Waals surface area (Å²) in [4.78, 5) is 7.07. The van der Waals surface area contributed by atoms with E-state index in [0.29, 0.717) is 0 Å². The van der Waals surface area contributed by atoms with E-state index in [0.717, 1.165) is 18.9 Å². The van der Waals surface area contributed by atoms with Crippen LogP contribution in [0.2, 0.25) is 0 Å². The molecule has 2 aromatic carbocycles. The first-order valence-corrected chi connectivity index (χ1v) is 8.78. The van der Waals surface area contributed by atoms with Crippen molar-refractivity contribution in [3.8, 4) is 0 Å². The van der Waals surface area contributed by atoms with E-state index in [4.69, 9.17) is 0 Å². The lowest BCUT2D eigenvalue weighted by Crippen LogP contribution is -2.30. The van der Waals surface area contributed by atoms with Gasteiger partial charge in [-0.15, -0.1) is 12.4 Å². The summed E-state index contributed by atoms with van der Waals surface area (Å²) in [6.07, 6.45) is 10.2. The molecule has 1 aliphatic rings. The summed E-state index contributed by atoms with van der Waals surface area (Å²) >= 11 is 0. The highest BCUT2D eigenvalue weighted by atomic mass is 35.5. The van der Waals surface area contributed by atoms with Gasteiger partial charge in [0.15, 0.2) is 0 Å². The molecule has 128 valence electrons. The molecule has 0 spiro atoms. The molecule has 0 N–H and O–H groups in total. The number of piperidine rings is 1.